The van der Waals surface area contributed by atoms with Crippen molar-refractivity contribution < 1.29 is 18.0 Å². The van der Waals surface area contributed by atoms with Gasteiger partial charge in [0.05, 0.1) is 11.3 Å². The quantitative estimate of drug-likeness (QED) is 0.678. The lowest BCUT2D eigenvalue weighted by molar-refractivity contribution is 0.0741. The lowest BCUT2D eigenvalue weighted by Crippen LogP contribution is -2.49. The first kappa shape index (κ1) is 18.9. The van der Waals surface area contributed by atoms with Gasteiger partial charge in [0, 0.05) is 37.8 Å². The molecule has 1 fully saturated rings. The van der Waals surface area contributed by atoms with E-state index in [2.05, 4.69) is 10.2 Å². The Bertz CT molecular complexity index is 1020. The highest BCUT2D eigenvalue weighted by Crippen LogP contribution is 2.20. The van der Waals surface area contributed by atoms with Crippen molar-refractivity contribution >= 4 is 11.7 Å². The number of amides is 1. The van der Waals surface area contributed by atoms with E-state index in [0.717, 1.165) is 11.6 Å². The molecule has 2 aromatic carbocycles. The Morgan fingerprint density at radius 1 is 0.793 bits per heavy atom. The van der Waals surface area contributed by atoms with Gasteiger partial charge in [-0.1, -0.05) is 0 Å². The summed E-state index contributed by atoms with van der Waals surface area (Å²) in [6, 6.07) is 12.6. The van der Waals surface area contributed by atoms with Crippen molar-refractivity contribution in [3.8, 4) is 11.3 Å². The van der Waals surface area contributed by atoms with E-state index in [1.807, 2.05) is 11.0 Å². The van der Waals surface area contributed by atoms with Crippen LogP contribution < -0.4 is 4.90 Å². The monoisotopic (exact) mass is 398 g/mol. The molecule has 29 heavy (non-hydrogen) atoms. The predicted octanol–water partition coefficient (Wildman–Crippen LogP) is 3.52. The zero-order chi connectivity index (χ0) is 20.4. The third-order valence-corrected chi connectivity index (χ3v) is 4.84. The van der Waals surface area contributed by atoms with Crippen LogP contribution in [0.3, 0.4) is 0 Å². The molecule has 1 saturated heterocycles. The van der Waals surface area contributed by atoms with E-state index in [9.17, 15) is 18.0 Å². The number of rotatable bonds is 3. The molecule has 1 aromatic heterocycles. The molecule has 4 rings (SSSR count). The minimum atomic E-state index is -0.861. The molecule has 0 aliphatic carbocycles. The molecule has 0 atom stereocenters. The average molecular weight is 398 g/mol. The third kappa shape index (κ3) is 4.06. The Hall–Kier alpha value is -3.42. The van der Waals surface area contributed by atoms with Gasteiger partial charge < -0.3 is 9.80 Å². The first-order valence-corrected chi connectivity index (χ1v) is 9.10. The van der Waals surface area contributed by atoms with Crippen molar-refractivity contribution in [2.75, 3.05) is 31.1 Å². The molecule has 0 unspecified atom stereocenters. The number of nitrogens with zero attached hydrogens (tertiary/aromatic N) is 4. The number of anilines is 1. The summed E-state index contributed by atoms with van der Waals surface area (Å²) in [5, 5.41) is 8.43. The molecule has 1 aliphatic heterocycles. The van der Waals surface area contributed by atoms with Gasteiger partial charge in [-0.05, 0) is 48.5 Å². The van der Waals surface area contributed by atoms with Crippen LogP contribution in [0.2, 0.25) is 0 Å². The lowest BCUT2D eigenvalue weighted by Gasteiger charge is -2.35. The van der Waals surface area contributed by atoms with Gasteiger partial charge in [-0.2, -0.15) is 0 Å². The molecule has 148 valence electrons. The molecule has 0 N–H and O–H groups in total. The van der Waals surface area contributed by atoms with Gasteiger partial charge in [0.15, 0.2) is 5.82 Å². The van der Waals surface area contributed by atoms with Gasteiger partial charge in [0.25, 0.3) is 5.91 Å². The number of carbonyl (C=O) groups is 1. The number of halogens is 3. The van der Waals surface area contributed by atoms with Crippen molar-refractivity contribution in [2.24, 2.45) is 0 Å². The average Bonchev–Trinajstić information content (AvgIpc) is 2.74. The zero-order valence-corrected chi connectivity index (χ0v) is 15.4. The van der Waals surface area contributed by atoms with E-state index in [-0.39, 0.29) is 11.4 Å². The normalized spacial score (nSPS) is 14.2. The van der Waals surface area contributed by atoms with Crippen molar-refractivity contribution in [2.45, 2.75) is 0 Å². The van der Waals surface area contributed by atoms with E-state index in [1.54, 1.807) is 18.2 Å². The summed E-state index contributed by atoms with van der Waals surface area (Å²) in [6.45, 7) is 1.80. The van der Waals surface area contributed by atoms with Crippen molar-refractivity contribution in [1.82, 2.24) is 15.1 Å². The number of piperazine rings is 1. The highest BCUT2D eigenvalue weighted by molar-refractivity contribution is 5.94. The summed E-state index contributed by atoms with van der Waals surface area (Å²) in [4.78, 5) is 16.0. The summed E-state index contributed by atoms with van der Waals surface area (Å²) < 4.78 is 39.9. The fraction of sp³-hybridized carbons (Fsp3) is 0.190. The van der Waals surface area contributed by atoms with E-state index in [4.69, 9.17) is 0 Å². The Morgan fingerprint density at radius 3 is 2.10 bits per heavy atom. The topological polar surface area (TPSA) is 49.3 Å². The SMILES string of the molecule is O=C(c1ccc(F)cc1F)N1CCN(c2ccc(-c3ccc(F)cc3)nn2)CC1. The fourth-order valence-corrected chi connectivity index (χ4v) is 3.24. The van der Waals surface area contributed by atoms with Crippen LogP contribution in [0.4, 0.5) is 19.0 Å². The van der Waals surface area contributed by atoms with Crippen LogP contribution in [0.5, 0.6) is 0 Å². The molecule has 5 nitrogen and oxygen atoms in total. The molecule has 1 aliphatic rings. The number of hydrogen-bond donors (Lipinski definition) is 0. The number of carbonyl (C=O) groups excluding carboxylic acids is 1. The van der Waals surface area contributed by atoms with Crippen molar-refractivity contribution in [3.05, 3.63) is 77.6 Å². The lowest BCUT2D eigenvalue weighted by atomic mass is 10.1. The maximum Gasteiger partial charge on any atom is 0.256 e. The molecule has 0 radical (unpaired) electrons. The Morgan fingerprint density at radius 2 is 1.48 bits per heavy atom. The summed E-state index contributed by atoms with van der Waals surface area (Å²) in [7, 11) is 0. The highest BCUT2D eigenvalue weighted by atomic mass is 19.1. The summed E-state index contributed by atoms with van der Waals surface area (Å²) in [5.74, 6) is -1.69. The van der Waals surface area contributed by atoms with Gasteiger partial charge in [0.1, 0.15) is 17.5 Å². The van der Waals surface area contributed by atoms with Gasteiger partial charge in [-0.15, -0.1) is 10.2 Å². The molecule has 3 aromatic rings. The van der Waals surface area contributed by atoms with E-state index < -0.39 is 17.5 Å². The predicted molar refractivity (Wildman–Crippen MR) is 102 cm³/mol. The van der Waals surface area contributed by atoms with Gasteiger partial charge in [-0.3, -0.25) is 4.79 Å². The molecule has 1 amide bonds. The molecular weight excluding hydrogens is 381 g/mol. The molecule has 0 spiro atoms. The Labute approximate surface area is 165 Å². The summed E-state index contributed by atoms with van der Waals surface area (Å²) in [6.07, 6.45) is 0. The van der Waals surface area contributed by atoms with Crippen molar-refractivity contribution in [1.29, 1.82) is 0 Å². The van der Waals surface area contributed by atoms with E-state index >= 15 is 0 Å². The van der Waals surface area contributed by atoms with Crippen LogP contribution in [-0.4, -0.2) is 47.2 Å². The van der Waals surface area contributed by atoms with Crippen LogP contribution in [0.1, 0.15) is 10.4 Å². The molecule has 2 heterocycles. The van der Waals surface area contributed by atoms with E-state index in [1.165, 1.54) is 23.1 Å². The highest BCUT2D eigenvalue weighted by Gasteiger charge is 2.25. The van der Waals surface area contributed by atoms with Crippen LogP contribution in [0.15, 0.2) is 54.6 Å². The smallest absolute Gasteiger partial charge is 0.256 e. The second kappa shape index (κ2) is 7.90. The number of benzene rings is 2. The van der Waals surface area contributed by atoms with Crippen LogP contribution in [0, 0.1) is 17.5 Å². The Kier molecular flexibility index (Phi) is 5.16. The second-order valence-corrected chi connectivity index (χ2v) is 6.69. The fourth-order valence-electron chi connectivity index (χ4n) is 3.24. The second-order valence-electron chi connectivity index (χ2n) is 6.69. The molecule has 0 bridgehead atoms. The van der Waals surface area contributed by atoms with E-state index in [0.29, 0.717) is 43.8 Å². The molecule has 8 heteroatoms. The van der Waals surface area contributed by atoms with Gasteiger partial charge in [-0.25, -0.2) is 13.2 Å². The standard InChI is InChI=1S/C21H17F3N4O/c22-15-3-1-14(2-4-15)19-7-8-20(26-25-19)27-9-11-28(12-10-27)21(29)17-6-5-16(23)13-18(17)24/h1-8,13H,9-12H2. The zero-order valence-electron chi connectivity index (χ0n) is 15.4. The summed E-state index contributed by atoms with van der Waals surface area (Å²) >= 11 is 0. The first-order valence-electron chi connectivity index (χ1n) is 9.10. The van der Waals surface area contributed by atoms with Crippen LogP contribution >= 0.6 is 0 Å². The number of hydrogen-bond acceptors (Lipinski definition) is 4. The minimum absolute atomic E-state index is 0.136. The minimum Gasteiger partial charge on any atom is -0.352 e. The third-order valence-electron chi connectivity index (χ3n) is 4.84. The Balaban J connectivity index is 1.40. The largest absolute Gasteiger partial charge is 0.352 e. The maximum atomic E-state index is 13.9. The van der Waals surface area contributed by atoms with Crippen LogP contribution in [-0.2, 0) is 0 Å². The molecule has 0 saturated carbocycles. The number of aromatic nitrogens is 2. The summed E-state index contributed by atoms with van der Waals surface area (Å²) in [5.41, 5.74) is 1.26. The van der Waals surface area contributed by atoms with Crippen molar-refractivity contribution in [3.63, 3.8) is 0 Å². The van der Waals surface area contributed by atoms with Gasteiger partial charge in [0.2, 0.25) is 0 Å². The molecular formula is C21H17F3N4O. The van der Waals surface area contributed by atoms with Crippen LogP contribution in [0.25, 0.3) is 11.3 Å². The first-order chi connectivity index (χ1) is 14.0. The maximum absolute atomic E-state index is 13.9. The van der Waals surface area contributed by atoms with Gasteiger partial charge >= 0.3 is 0 Å².